The van der Waals surface area contributed by atoms with E-state index in [9.17, 15) is 14.4 Å². The van der Waals surface area contributed by atoms with E-state index in [0.717, 1.165) is 0 Å². The number of aliphatic hydroxyl groups is 1. The molecular weight excluding hydrogens is 184 g/mol. The van der Waals surface area contributed by atoms with Crippen LogP contribution in [0.3, 0.4) is 0 Å². The SMILES string of the molecule is O=C(O)C[C@@H](C(=O)O)[C@H](O)C(=O)O. The van der Waals surface area contributed by atoms with Crippen LogP contribution >= 0.6 is 0 Å². The molecule has 0 saturated heterocycles. The van der Waals surface area contributed by atoms with E-state index in [1.807, 2.05) is 0 Å². The number of carbonyl (C=O) groups is 3. The normalized spacial score (nSPS) is 14.5. The summed E-state index contributed by atoms with van der Waals surface area (Å²) in [6, 6.07) is 0. The summed E-state index contributed by atoms with van der Waals surface area (Å²) in [5.41, 5.74) is 0. The second kappa shape index (κ2) is 4.41. The topological polar surface area (TPSA) is 132 Å². The summed E-state index contributed by atoms with van der Waals surface area (Å²) in [6.45, 7) is 0. The van der Waals surface area contributed by atoms with Gasteiger partial charge in [-0.1, -0.05) is 0 Å². The van der Waals surface area contributed by atoms with Crippen molar-refractivity contribution in [2.75, 3.05) is 0 Å². The Bertz CT molecular complexity index is 233. The second-order valence-corrected chi connectivity index (χ2v) is 2.33. The van der Waals surface area contributed by atoms with Crippen molar-refractivity contribution in [1.82, 2.24) is 0 Å². The van der Waals surface area contributed by atoms with Crippen LogP contribution in [-0.2, 0) is 14.4 Å². The standard InChI is InChI=1S/C6H8O7/c7-3(8)1-2(5(10)11)4(9)6(12)13/h2,4,9H,1H2,(H,7,8)(H,10,11)(H,12,13)/t2-,4+/m1/s1. The number of hydrogen-bond acceptors (Lipinski definition) is 4. The summed E-state index contributed by atoms with van der Waals surface area (Å²) in [7, 11) is 0. The van der Waals surface area contributed by atoms with Gasteiger partial charge in [-0.05, 0) is 0 Å². The maximum Gasteiger partial charge on any atom is 0.333 e. The molecule has 7 nitrogen and oxygen atoms in total. The Morgan fingerprint density at radius 1 is 1.00 bits per heavy atom. The molecule has 0 aromatic heterocycles. The van der Waals surface area contributed by atoms with Crippen LogP contribution in [-0.4, -0.2) is 44.4 Å². The molecule has 0 spiro atoms. The average Bonchev–Trinajstić information content (AvgIpc) is 1.97. The van der Waals surface area contributed by atoms with Gasteiger partial charge in [-0.3, -0.25) is 9.59 Å². The highest BCUT2D eigenvalue weighted by atomic mass is 16.4. The molecule has 0 aromatic rings. The van der Waals surface area contributed by atoms with Crippen LogP contribution in [0.25, 0.3) is 0 Å². The van der Waals surface area contributed by atoms with Gasteiger partial charge in [-0.15, -0.1) is 0 Å². The molecule has 0 saturated carbocycles. The Labute approximate surface area is 72.2 Å². The second-order valence-electron chi connectivity index (χ2n) is 2.33. The summed E-state index contributed by atoms with van der Waals surface area (Å²) in [4.78, 5) is 30.5. The van der Waals surface area contributed by atoms with E-state index in [1.54, 1.807) is 0 Å². The molecule has 0 aliphatic heterocycles. The molecule has 0 unspecified atom stereocenters. The van der Waals surface area contributed by atoms with Crippen LogP contribution in [0.1, 0.15) is 6.42 Å². The lowest BCUT2D eigenvalue weighted by molar-refractivity contribution is -0.162. The van der Waals surface area contributed by atoms with Crippen LogP contribution in [0, 0.1) is 5.92 Å². The molecule has 0 heterocycles. The number of rotatable bonds is 5. The van der Waals surface area contributed by atoms with E-state index in [4.69, 9.17) is 20.4 Å². The van der Waals surface area contributed by atoms with E-state index >= 15 is 0 Å². The highest BCUT2D eigenvalue weighted by Gasteiger charge is 2.33. The summed E-state index contributed by atoms with van der Waals surface area (Å²) >= 11 is 0. The summed E-state index contributed by atoms with van der Waals surface area (Å²) in [6.07, 6.45) is -3.13. The van der Waals surface area contributed by atoms with E-state index in [-0.39, 0.29) is 0 Å². The molecule has 0 aromatic carbocycles. The first-order chi connectivity index (χ1) is 5.86. The first kappa shape index (κ1) is 11.4. The van der Waals surface area contributed by atoms with Gasteiger partial charge < -0.3 is 20.4 Å². The van der Waals surface area contributed by atoms with Crippen molar-refractivity contribution in [3.05, 3.63) is 0 Å². The van der Waals surface area contributed by atoms with Crippen molar-refractivity contribution < 1.29 is 34.8 Å². The van der Waals surface area contributed by atoms with Crippen LogP contribution in [0.15, 0.2) is 0 Å². The van der Waals surface area contributed by atoms with Crippen molar-refractivity contribution in [2.24, 2.45) is 5.92 Å². The van der Waals surface area contributed by atoms with Gasteiger partial charge in [0.15, 0.2) is 6.10 Å². The molecule has 0 rings (SSSR count). The van der Waals surface area contributed by atoms with Gasteiger partial charge >= 0.3 is 17.9 Å². The Kier molecular flexibility index (Phi) is 3.86. The largest absolute Gasteiger partial charge is 0.481 e. The van der Waals surface area contributed by atoms with Gasteiger partial charge in [0.25, 0.3) is 0 Å². The number of hydrogen-bond donors (Lipinski definition) is 4. The minimum atomic E-state index is -2.20. The molecule has 2 atom stereocenters. The van der Waals surface area contributed by atoms with Crippen molar-refractivity contribution in [1.29, 1.82) is 0 Å². The zero-order chi connectivity index (χ0) is 10.6. The monoisotopic (exact) mass is 192 g/mol. The third-order valence-corrected chi connectivity index (χ3v) is 1.35. The van der Waals surface area contributed by atoms with Crippen LogP contribution < -0.4 is 0 Å². The lowest BCUT2D eigenvalue weighted by atomic mass is 9.99. The number of aliphatic carboxylic acids is 3. The molecule has 74 valence electrons. The van der Waals surface area contributed by atoms with Gasteiger partial charge in [0.1, 0.15) is 5.92 Å². The Balaban J connectivity index is 4.51. The van der Waals surface area contributed by atoms with Crippen LogP contribution in [0.5, 0.6) is 0 Å². The van der Waals surface area contributed by atoms with Gasteiger partial charge in [0.2, 0.25) is 0 Å². The third-order valence-electron chi connectivity index (χ3n) is 1.35. The molecule has 0 fully saturated rings. The van der Waals surface area contributed by atoms with Crippen LogP contribution in [0.2, 0.25) is 0 Å². The summed E-state index contributed by atoms with van der Waals surface area (Å²) < 4.78 is 0. The minimum Gasteiger partial charge on any atom is -0.481 e. The van der Waals surface area contributed by atoms with E-state index < -0.39 is 36.4 Å². The summed E-state index contributed by atoms with van der Waals surface area (Å²) in [5.74, 6) is -6.71. The zero-order valence-electron chi connectivity index (χ0n) is 6.38. The number of carboxylic acid groups (broad SMARTS) is 3. The lowest BCUT2D eigenvalue weighted by Gasteiger charge is -2.12. The highest BCUT2D eigenvalue weighted by Crippen LogP contribution is 2.09. The predicted octanol–water partition coefficient (Wildman–Crippen LogP) is -1.39. The van der Waals surface area contributed by atoms with Gasteiger partial charge in [-0.2, -0.15) is 0 Å². The fourth-order valence-corrected chi connectivity index (χ4v) is 0.694. The first-order valence-electron chi connectivity index (χ1n) is 3.21. The van der Waals surface area contributed by atoms with E-state index in [2.05, 4.69) is 0 Å². The quantitative estimate of drug-likeness (QED) is 0.421. The highest BCUT2D eigenvalue weighted by molar-refractivity contribution is 5.85. The Morgan fingerprint density at radius 3 is 1.69 bits per heavy atom. The fourth-order valence-electron chi connectivity index (χ4n) is 0.694. The van der Waals surface area contributed by atoms with Crippen molar-refractivity contribution in [3.8, 4) is 0 Å². The molecule has 4 N–H and O–H groups in total. The van der Waals surface area contributed by atoms with Crippen molar-refractivity contribution >= 4 is 17.9 Å². The number of aliphatic hydroxyl groups excluding tert-OH is 1. The smallest absolute Gasteiger partial charge is 0.333 e. The van der Waals surface area contributed by atoms with Crippen LogP contribution in [0.4, 0.5) is 0 Å². The van der Waals surface area contributed by atoms with E-state index in [0.29, 0.717) is 0 Å². The van der Waals surface area contributed by atoms with Gasteiger partial charge in [0.05, 0.1) is 6.42 Å². The maximum atomic E-state index is 10.3. The summed E-state index contributed by atoms with van der Waals surface area (Å²) in [5, 5.41) is 33.5. The molecule has 0 radical (unpaired) electrons. The average molecular weight is 192 g/mol. The van der Waals surface area contributed by atoms with Gasteiger partial charge in [-0.25, -0.2) is 4.79 Å². The fraction of sp³-hybridized carbons (Fsp3) is 0.500. The Hall–Kier alpha value is -1.63. The minimum absolute atomic E-state index is 0.928. The lowest BCUT2D eigenvalue weighted by Crippen LogP contribution is -2.36. The molecule has 0 aliphatic rings. The molecule has 0 bridgehead atoms. The number of carboxylic acids is 3. The molecule has 0 amide bonds. The maximum absolute atomic E-state index is 10.3. The van der Waals surface area contributed by atoms with Crippen molar-refractivity contribution in [3.63, 3.8) is 0 Å². The molecular formula is C6H8O7. The van der Waals surface area contributed by atoms with Gasteiger partial charge in [0, 0.05) is 0 Å². The molecule has 7 heteroatoms. The predicted molar refractivity (Wildman–Crippen MR) is 37.0 cm³/mol. The van der Waals surface area contributed by atoms with E-state index in [1.165, 1.54) is 0 Å². The zero-order valence-corrected chi connectivity index (χ0v) is 6.38. The Morgan fingerprint density at radius 2 is 1.46 bits per heavy atom. The third kappa shape index (κ3) is 3.52. The first-order valence-corrected chi connectivity index (χ1v) is 3.21. The molecule has 0 aliphatic carbocycles. The molecule has 13 heavy (non-hydrogen) atoms. The van der Waals surface area contributed by atoms with Crippen molar-refractivity contribution in [2.45, 2.75) is 12.5 Å².